The zero-order chi connectivity index (χ0) is 21.9. The Kier molecular flexibility index (Phi) is 7.18. The van der Waals surface area contributed by atoms with Crippen LogP contribution in [0.4, 0.5) is 20.3 Å². The van der Waals surface area contributed by atoms with Gasteiger partial charge in [-0.05, 0) is 24.5 Å². The smallest absolute Gasteiger partial charge is 0.330 e. The van der Waals surface area contributed by atoms with Crippen LogP contribution in [0.5, 0.6) is 0 Å². The van der Waals surface area contributed by atoms with Gasteiger partial charge >= 0.3 is 5.69 Å². The van der Waals surface area contributed by atoms with Crippen LogP contribution in [0.15, 0.2) is 21.7 Å². The molecule has 10 heteroatoms. The van der Waals surface area contributed by atoms with Gasteiger partial charge in [0.05, 0.1) is 10.6 Å². The molecule has 7 nitrogen and oxygen atoms in total. The maximum Gasteiger partial charge on any atom is 0.330 e. The first-order valence-corrected chi connectivity index (χ1v) is 9.55. The Morgan fingerprint density at radius 2 is 1.90 bits per heavy atom. The quantitative estimate of drug-likeness (QED) is 0.661. The lowest BCUT2D eigenvalue weighted by Crippen LogP contribution is -2.42. The van der Waals surface area contributed by atoms with Gasteiger partial charge in [0.1, 0.15) is 5.82 Å². The van der Waals surface area contributed by atoms with Crippen LogP contribution in [0.3, 0.4) is 0 Å². The Labute approximate surface area is 171 Å². The van der Waals surface area contributed by atoms with Gasteiger partial charge < -0.3 is 10.6 Å². The van der Waals surface area contributed by atoms with E-state index in [0.29, 0.717) is 25.0 Å². The van der Waals surface area contributed by atoms with E-state index in [1.165, 1.54) is 4.57 Å². The number of H-pyrrole nitrogens is 1. The van der Waals surface area contributed by atoms with E-state index in [-0.39, 0.29) is 41.1 Å². The van der Waals surface area contributed by atoms with Crippen LogP contribution in [0.25, 0.3) is 0 Å². The van der Waals surface area contributed by atoms with Crippen molar-refractivity contribution in [2.75, 3.05) is 17.2 Å². The molecule has 1 heterocycles. The van der Waals surface area contributed by atoms with E-state index in [2.05, 4.69) is 4.98 Å². The molecule has 0 saturated carbocycles. The van der Waals surface area contributed by atoms with Crippen LogP contribution in [0.2, 0.25) is 5.02 Å². The summed E-state index contributed by atoms with van der Waals surface area (Å²) >= 11 is 5.94. The summed E-state index contributed by atoms with van der Waals surface area (Å²) in [6, 6.07) is 1.36. The van der Waals surface area contributed by atoms with Gasteiger partial charge in [-0.2, -0.15) is 0 Å². The fourth-order valence-corrected chi connectivity index (χ4v) is 3.08. The molecule has 0 aliphatic heterocycles. The third-order valence-electron chi connectivity index (χ3n) is 4.25. The predicted molar refractivity (Wildman–Crippen MR) is 109 cm³/mol. The first-order valence-electron chi connectivity index (χ1n) is 9.17. The summed E-state index contributed by atoms with van der Waals surface area (Å²) in [5.41, 5.74) is 4.00. The molecule has 0 atom stereocenters. The van der Waals surface area contributed by atoms with E-state index < -0.39 is 28.8 Å². The van der Waals surface area contributed by atoms with Crippen molar-refractivity contribution in [1.82, 2.24) is 9.55 Å². The van der Waals surface area contributed by atoms with Crippen LogP contribution in [0, 0.1) is 17.6 Å². The van der Waals surface area contributed by atoms with Gasteiger partial charge in [-0.3, -0.25) is 19.1 Å². The lowest BCUT2D eigenvalue weighted by atomic mass is 10.1. The number of nitrogens with one attached hydrogen (secondary N) is 1. The van der Waals surface area contributed by atoms with E-state index in [1.54, 1.807) is 0 Å². The van der Waals surface area contributed by atoms with Crippen molar-refractivity contribution in [2.24, 2.45) is 5.92 Å². The van der Waals surface area contributed by atoms with Crippen LogP contribution in [-0.4, -0.2) is 22.0 Å². The zero-order valence-corrected chi connectivity index (χ0v) is 17.1. The first-order chi connectivity index (χ1) is 13.6. The summed E-state index contributed by atoms with van der Waals surface area (Å²) in [7, 11) is 0. The Bertz CT molecular complexity index is 1030. The molecule has 3 N–H and O–H groups in total. The summed E-state index contributed by atoms with van der Waals surface area (Å²) in [6.07, 6.45) is 1.17. The summed E-state index contributed by atoms with van der Waals surface area (Å²) < 4.78 is 28.3. The van der Waals surface area contributed by atoms with Gasteiger partial charge in [0.2, 0.25) is 0 Å². The molecule has 0 aliphatic rings. The second-order valence-corrected chi connectivity index (χ2v) is 7.46. The van der Waals surface area contributed by atoms with Crippen LogP contribution in [-0.2, 0) is 6.54 Å². The highest BCUT2D eigenvalue weighted by Gasteiger charge is 2.27. The molecule has 0 saturated heterocycles. The van der Waals surface area contributed by atoms with Crippen molar-refractivity contribution < 1.29 is 13.6 Å². The Balaban J connectivity index is 2.68. The number of unbranched alkanes of at least 4 members (excludes halogenated alkanes) is 1. The SMILES string of the molecule is CCCCN(C(=O)c1cc(F)c(F)cc1Cl)c1c(N)n(CC(C)C)c(=O)[nH]c1=O. The highest BCUT2D eigenvalue weighted by molar-refractivity contribution is 6.34. The van der Waals surface area contributed by atoms with Gasteiger partial charge in [0.25, 0.3) is 11.5 Å². The van der Waals surface area contributed by atoms with Crippen molar-refractivity contribution in [3.05, 3.63) is 55.2 Å². The topological polar surface area (TPSA) is 101 Å². The number of benzene rings is 1. The number of carbonyl (C=O) groups excluding carboxylic acids is 1. The number of anilines is 2. The number of nitrogens with zero attached hydrogens (tertiary/aromatic N) is 2. The number of amides is 1. The maximum atomic E-state index is 13.7. The number of nitrogens with two attached hydrogens (primary N) is 1. The molecule has 1 aromatic heterocycles. The molecule has 2 rings (SSSR count). The monoisotopic (exact) mass is 428 g/mol. The molecule has 1 aromatic carbocycles. The molecular formula is C19H23ClF2N4O3. The van der Waals surface area contributed by atoms with E-state index in [9.17, 15) is 23.2 Å². The molecule has 1 amide bonds. The average molecular weight is 429 g/mol. The fraction of sp³-hybridized carbons (Fsp3) is 0.421. The number of hydrogen-bond donors (Lipinski definition) is 2. The molecule has 2 aromatic rings. The number of halogens is 3. The lowest BCUT2D eigenvalue weighted by Gasteiger charge is -2.25. The number of aromatic amines is 1. The summed E-state index contributed by atoms with van der Waals surface area (Å²) in [5, 5.41) is -0.305. The zero-order valence-electron chi connectivity index (χ0n) is 16.4. The van der Waals surface area contributed by atoms with E-state index >= 15 is 0 Å². The largest absolute Gasteiger partial charge is 0.383 e. The predicted octanol–water partition coefficient (Wildman–Crippen LogP) is 3.15. The second-order valence-electron chi connectivity index (χ2n) is 7.05. The van der Waals surface area contributed by atoms with Gasteiger partial charge in [-0.25, -0.2) is 13.6 Å². The van der Waals surface area contributed by atoms with Crippen molar-refractivity contribution >= 4 is 29.0 Å². The minimum Gasteiger partial charge on any atom is -0.383 e. The number of hydrogen-bond acceptors (Lipinski definition) is 4. The molecule has 0 fully saturated rings. The van der Waals surface area contributed by atoms with Crippen molar-refractivity contribution in [3.8, 4) is 0 Å². The van der Waals surface area contributed by atoms with Crippen LogP contribution >= 0.6 is 11.6 Å². The third-order valence-corrected chi connectivity index (χ3v) is 4.57. The van der Waals surface area contributed by atoms with Crippen molar-refractivity contribution in [1.29, 1.82) is 0 Å². The van der Waals surface area contributed by atoms with Crippen molar-refractivity contribution in [2.45, 2.75) is 40.2 Å². The normalized spacial score (nSPS) is 11.1. The minimum absolute atomic E-state index is 0.0363. The Hall–Kier alpha value is -2.68. The van der Waals surface area contributed by atoms with Gasteiger partial charge in [0.15, 0.2) is 17.3 Å². The first kappa shape index (κ1) is 22.6. The summed E-state index contributed by atoms with van der Waals surface area (Å²) in [5.74, 6) is -3.42. The number of aromatic nitrogens is 2. The standard InChI is InChI=1S/C19H23ClF2N4O3/c1-4-5-6-25(18(28)11-7-13(21)14(22)8-12(11)20)15-16(23)26(9-10(2)3)19(29)24-17(15)27/h7-8,10H,4-6,9,23H2,1-3H3,(H,24,27,29). The van der Waals surface area contributed by atoms with Crippen molar-refractivity contribution in [3.63, 3.8) is 0 Å². The molecule has 158 valence electrons. The maximum absolute atomic E-state index is 13.7. The van der Waals surface area contributed by atoms with Gasteiger partial charge in [0, 0.05) is 13.1 Å². The van der Waals surface area contributed by atoms with E-state index in [1.807, 2.05) is 20.8 Å². The van der Waals surface area contributed by atoms with E-state index in [0.717, 1.165) is 4.90 Å². The third kappa shape index (κ3) is 4.84. The van der Waals surface area contributed by atoms with Crippen LogP contribution < -0.4 is 21.9 Å². The molecule has 0 aliphatic carbocycles. The Morgan fingerprint density at radius 1 is 1.28 bits per heavy atom. The fourth-order valence-electron chi connectivity index (χ4n) is 2.85. The summed E-state index contributed by atoms with van der Waals surface area (Å²) in [4.78, 5) is 41.0. The molecule has 0 bridgehead atoms. The minimum atomic E-state index is -1.25. The Morgan fingerprint density at radius 3 is 2.48 bits per heavy atom. The van der Waals surface area contributed by atoms with Crippen LogP contribution in [0.1, 0.15) is 44.0 Å². The number of rotatable bonds is 7. The molecular weight excluding hydrogens is 406 g/mol. The average Bonchev–Trinajstić information content (AvgIpc) is 2.63. The molecule has 29 heavy (non-hydrogen) atoms. The lowest BCUT2D eigenvalue weighted by molar-refractivity contribution is 0.0986. The second kappa shape index (κ2) is 9.21. The highest BCUT2D eigenvalue weighted by atomic mass is 35.5. The molecule has 0 unspecified atom stereocenters. The highest BCUT2D eigenvalue weighted by Crippen LogP contribution is 2.26. The molecule has 0 radical (unpaired) electrons. The van der Waals surface area contributed by atoms with Gasteiger partial charge in [-0.1, -0.05) is 38.8 Å². The number of nitrogen functional groups attached to an aromatic ring is 1. The number of carbonyl (C=O) groups is 1. The molecule has 0 spiro atoms. The van der Waals surface area contributed by atoms with E-state index in [4.69, 9.17) is 17.3 Å². The summed E-state index contributed by atoms with van der Waals surface area (Å²) in [6.45, 7) is 5.88. The van der Waals surface area contributed by atoms with Gasteiger partial charge in [-0.15, -0.1) is 0 Å².